The Kier molecular flexibility index (Phi) is 4.96. The number of hydrogen-bond donors (Lipinski definition) is 1. The monoisotopic (exact) mass is 332 g/mol. The molecule has 0 saturated heterocycles. The summed E-state index contributed by atoms with van der Waals surface area (Å²) in [5, 5.41) is 11.3. The molecule has 0 aromatic heterocycles. The molecule has 25 heavy (non-hydrogen) atoms. The molecule has 0 aliphatic heterocycles. The molecule has 1 N–H and O–H groups in total. The zero-order valence-electron chi connectivity index (χ0n) is 14.1. The smallest absolute Gasteiger partial charge is 0.348 e. The summed E-state index contributed by atoms with van der Waals surface area (Å²) in [5.74, 6) is -0.689. The highest BCUT2D eigenvalue weighted by molar-refractivity contribution is 5.85. The first kappa shape index (κ1) is 16.9. The van der Waals surface area contributed by atoms with E-state index in [1.54, 1.807) is 48.5 Å². The maximum Gasteiger partial charge on any atom is 0.348 e. The van der Waals surface area contributed by atoms with Gasteiger partial charge in [-0.1, -0.05) is 90.5 Å². The lowest BCUT2D eigenvalue weighted by molar-refractivity contribution is -0.163. The van der Waals surface area contributed by atoms with Crippen LogP contribution in [0, 0.1) is 6.92 Å². The lowest BCUT2D eigenvalue weighted by Gasteiger charge is -2.27. The minimum absolute atomic E-state index is 0.114. The van der Waals surface area contributed by atoms with Gasteiger partial charge in [0.25, 0.3) is 0 Å². The Labute approximate surface area is 147 Å². The molecule has 3 heteroatoms. The van der Waals surface area contributed by atoms with Crippen molar-refractivity contribution in [2.45, 2.75) is 19.1 Å². The van der Waals surface area contributed by atoms with Crippen molar-refractivity contribution in [3.05, 3.63) is 107 Å². The molecule has 0 spiro atoms. The predicted molar refractivity (Wildman–Crippen MR) is 96.9 cm³/mol. The Morgan fingerprint density at radius 1 is 0.880 bits per heavy atom. The highest BCUT2D eigenvalue weighted by Gasteiger charge is 2.41. The van der Waals surface area contributed by atoms with Crippen LogP contribution in [0.25, 0.3) is 0 Å². The zero-order chi connectivity index (χ0) is 17.7. The third kappa shape index (κ3) is 3.62. The van der Waals surface area contributed by atoms with Crippen LogP contribution in [0.2, 0.25) is 0 Å². The molecule has 0 heterocycles. The SMILES string of the molecule is Cc1cccc(COC(=O)C(O)(c2ccccc2)c2ccccc2)c1. The van der Waals surface area contributed by atoms with Crippen molar-refractivity contribution < 1.29 is 14.6 Å². The highest BCUT2D eigenvalue weighted by atomic mass is 16.5. The van der Waals surface area contributed by atoms with E-state index in [0.29, 0.717) is 11.1 Å². The number of rotatable bonds is 5. The van der Waals surface area contributed by atoms with Gasteiger partial charge in [0.05, 0.1) is 0 Å². The first-order valence-electron chi connectivity index (χ1n) is 8.17. The predicted octanol–water partition coefficient (Wildman–Crippen LogP) is 3.97. The fourth-order valence-corrected chi connectivity index (χ4v) is 2.82. The standard InChI is InChI=1S/C22H20O3/c1-17-9-8-10-18(15-17)16-25-21(23)22(24,19-11-4-2-5-12-19)20-13-6-3-7-14-20/h2-15,24H,16H2,1H3. The Morgan fingerprint density at radius 2 is 1.44 bits per heavy atom. The molecule has 126 valence electrons. The summed E-state index contributed by atoms with van der Waals surface area (Å²) >= 11 is 0. The highest BCUT2D eigenvalue weighted by Crippen LogP contribution is 2.31. The van der Waals surface area contributed by atoms with E-state index in [4.69, 9.17) is 4.74 Å². The third-order valence-corrected chi connectivity index (χ3v) is 4.13. The van der Waals surface area contributed by atoms with Crippen LogP contribution in [0.5, 0.6) is 0 Å². The van der Waals surface area contributed by atoms with Gasteiger partial charge in [0.15, 0.2) is 0 Å². The van der Waals surface area contributed by atoms with Gasteiger partial charge in [0, 0.05) is 0 Å². The summed E-state index contributed by atoms with van der Waals surface area (Å²) < 4.78 is 5.47. The van der Waals surface area contributed by atoms with Gasteiger partial charge < -0.3 is 9.84 Å². The second-order valence-electron chi connectivity index (χ2n) is 6.01. The van der Waals surface area contributed by atoms with Crippen molar-refractivity contribution in [1.29, 1.82) is 0 Å². The van der Waals surface area contributed by atoms with E-state index in [-0.39, 0.29) is 6.61 Å². The normalized spacial score (nSPS) is 11.1. The maximum atomic E-state index is 12.9. The van der Waals surface area contributed by atoms with E-state index in [1.807, 2.05) is 43.3 Å². The number of carbonyl (C=O) groups is 1. The lowest BCUT2D eigenvalue weighted by atomic mass is 9.86. The Bertz CT molecular complexity index is 802. The average Bonchev–Trinajstić information content (AvgIpc) is 2.67. The molecule has 0 saturated carbocycles. The van der Waals surface area contributed by atoms with E-state index >= 15 is 0 Å². The Morgan fingerprint density at radius 3 is 1.96 bits per heavy atom. The van der Waals surface area contributed by atoms with Crippen molar-refractivity contribution in [2.24, 2.45) is 0 Å². The summed E-state index contributed by atoms with van der Waals surface area (Å²) in [6.45, 7) is 2.10. The number of aryl methyl sites for hydroxylation is 1. The van der Waals surface area contributed by atoms with Crippen LogP contribution in [0.4, 0.5) is 0 Å². The fraction of sp³-hybridized carbons (Fsp3) is 0.136. The molecule has 0 radical (unpaired) electrons. The minimum Gasteiger partial charge on any atom is -0.458 e. The van der Waals surface area contributed by atoms with E-state index in [1.165, 1.54) is 0 Å². The molecular weight excluding hydrogens is 312 g/mol. The summed E-state index contributed by atoms with van der Waals surface area (Å²) in [5.41, 5.74) is 1.10. The summed E-state index contributed by atoms with van der Waals surface area (Å²) in [4.78, 5) is 12.9. The Balaban J connectivity index is 1.91. The molecule has 3 rings (SSSR count). The van der Waals surface area contributed by atoms with Crippen LogP contribution in [0.15, 0.2) is 84.9 Å². The number of carbonyl (C=O) groups excluding carboxylic acids is 1. The topological polar surface area (TPSA) is 46.5 Å². The molecule has 3 aromatic carbocycles. The van der Waals surface area contributed by atoms with E-state index in [2.05, 4.69) is 0 Å². The fourth-order valence-electron chi connectivity index (χ4n) is 2.82. The van der Waals surface area contributed by atoms with E-state index in [9.17, 15) is 9.90 Å². The molecule has 0 aliphatic carbocycles. The van der Waals surface area contributed by atoms with Gasteiger partial charge in [0.2, 0.25) is 5.60 Å². The zero-order valence-corrected chi connectivity index (χ0v) is 14.1. The van der Waals surface area contributed by atoms with Crippen molar-refractivity contribution >= 4 is 5.97 Å². The van der Waals surface area contributed by atoms with Crippen LogP contribution < -0.4 is 0 Å². The van der Waals surface area contributed by atoms with Crippen molar-refractivity contribution in [2.75, 3.05) is 0 Å². The van der Waals surface area contributed by atoms with E-state index in [0.717, 1.165) is 11.1 Å². The van der Waals surface area contributed by atoms with Crippen molar-refractivity contribution in [3.8, 4) is 0 Å². The number of benzene rings is 3. The summed E-state index contributed by atoms with van der Waals surface area (Å²) in [6, 6.07) is 25.5. The van der Waals surface area contributed by atoms with Crippen molar-refractivity contribution in [1.82, 2.24) is 0 Å². The lowest BCUT2D eigenvalue weighted by Crippen LogP contribution is -2.38. The second-order valence-corrected chi connectivity index (χ2v) is 6.01. The van der Waals surface area contributed by atoms with Crippen LogP contribution in [-0.2, 0) is 21.7 Å². The first-order valence-corrected chi connectivity index (χ1v) is 8.17. The van der Waals surface area contributed by atoms with Crippen LogP contribution >= 0.6 is 0 Å². The number of hydrogen-bond acceptors (Lipinski definition) is 3. The van der Waals surface area contributed by atoms with Gasteiger partial charge in [-0.05, 0) is 23.6 Å². The quantitative estimate of drug-likeness (QED) is 0.719. The minimum atomic E-state index is -1.84. The maximum absolute atomic E-state index is 12.9. The molecular formula is C22H20O3. The average molecular weight is 332 g/mol. The molecule has 0 bridgehead atoms. The van der Waals surface area contributed by atoms with Gasteiger partial charge >= 0.3 is 5.97 Å². The van der Waals surface area contributed by atoms with E-state index < -0.39 is 11.6 Å². The molecule has 0 aliphatic rings. The second kappa shape index (κ2) is 7.32. The van der Waals surface area contributed by atoms with Crippen LogP contribution in [-0.4, -0.2) is 11.1 Å². The number of ether oxygens (including phenoxy) is 1. The van der Waals surface area contributed by atoms with Gasteiger partial charge in [-0.3, -0.25) is 0 Å². The molecule has 0 fully saturated rings. The van der Waals surface area contributed by atoms with Gasteiger partial charge in [-0.2, -0.15) is 0 Å². The van der Waals surface area contributed by atoms with Crippen LogP contribution in [0.3, 0.4) is 0 Å². The molecule has 0 unspecified atom stereocenters. The summed E-state index contributed by atoms with van der Waals surface area (Å²) in [7, 11) is 0. The van der Waals surface area contributed by atoms with Gasteiger partial charge in [-0.15, -0.1) is 0 Å². The Hall–Kier alpha value is -2.91. The molecule has 0 atom stereocenters. The largest absolute Gasteiger partial charge is 0.458 e. The van der Waals surface area contributed by atoms with Crippen LogP contribution in [0.1, 0.15) is 22.3 Å². The van der Waals surface area contributed by atoms with Gasteiger partial charge in [-0.25, -0.2) is 4.79 Å². The summed E-state index contributed by atoms with van der Waals surface area (Å²) in [6.07, 6.45) is 0. The third-order valence-electron chi connectivity index (χ3n) is 4.13. The first-order chi connectivity index (χ1) is 12.1. The molecule has 3 nitrogen and oxygen atoms in total. The number of aliphatic hydroxyl groups is 1. The molecule has 0 amide bonds. The molecule has 3 aromatic rings. The van der Waals surface area contributed by atoms with Crippen molar-refractivity contribution in [3.63, 3.8) is 0 Å². The number of esters is 1. The van der Waals surface area contributed by atoms with Gasteiger partial charge in [0.1, 0.15) is 6.61 Å².